The Labute approximate surface area is 211 Å². The number of hydrogen-bond donors (Lipinski definition) is 3. The molecule has 9 heteroatoms. The molecular weight excluding hydrogens is 486 g/mol. The van der Waals surface area contributed by atoms with E-state index in [1.807, 2.05) is 37.3 Å². The first kappa shape index (κ1) is 22.9. The number of aromatic nitrogens is 1. The average molecular weight is 506 g/mol. The predicted molar refractivity (Wildman–Crippen MR) is 137 cm³/mol. The van der Waals surface area contributed by atoms with Gasteiger partial charge in [0.2, 0.25) is 0 Å². The highest BCUT2D eigenvalue weighted by Gasteiger charge is 2.43. The number of hydrogen-bond acceptors (Lipinski definition) is 5. The molecule has 1 aliphatic rings. The summed E-state index contributed by atoms with van der Waals surface area (Å²) in [5.74, 6) is 0.212. The minimum Gasteiger partial charge on any atom is -0.506 e. The maximum Gasteiger partial charge on any atom is 0.335 e. The van der Waals surface area contributed by atoms with Gasteiger partial charge in [0.05, 0.1) is 23.0 Å². The summed E-state index contributed by atoms with van der Waals surface area (Å²) in [5, 5.41) is 24.1. The molecule has 2 aromatic carbocycles. The summed E-state index contributed by atoms with van der Waals surface area (Å²) >= 11 is 11.9. The summed E-state index contributed by atoms with van der Waals surface area (Å²) in [5.41, 5.74) is 2.96. The Balaban J connectivity index is 1.61. The number of nitrogens with zero attached hydrogens (tertiary/aromatic N) is 2. The largest absolute Gasteiger partial charge is 0.506 e. The van der Waals surface area contributed by atoms with E-state index in [2.05, 4.69) is 10.3 Å². The van der Waals surface area contributed by atoms with E-state index in [9.17, 15) is 15.0 Å². The molecule has 7 nitrogen and oxygen atoms in total. The van der Waals surface area contributed by atoms with Crippen molar-refractivity contribution in [3.63, 3.8) is 0 Å². The third-order valence-electron chi connectivity index (χ3n) is 5.95. The lowest BCUT2D eigenvalue weighted by Gasteiger charge is -2.26. The molecule has 2 atom stereocenters. The van der Waals surface area contributed by atoms with Gasteiger partial charge in [-0.15, -0.1) is 0 Å². The van der Waals surface area contributed by atoms with Gasteiger partial charge in [0.25, 0.3) is 0 Å². The fourth-order valence-corrected chi connectivity index (χ4v) is 4.83. The van der Waals surface area contributed by atoms with E-state index < -0.39 is 12.0 Å². The number of aryl methyl sites for hydroxylation is 1. The molecule has 0 amide bonds. The number of anilines is 1. The molecule has 0 bridgehead atoms. The van der Waals surface area contributed by atoms with Crippen molar-refractivity contribution < 1.29 is 19.4 Å². The topological polar surface area (TPSA) is 98.8 Å². The van der Waals surface area contributed by atoms with Gasteiger partial charge in [-0.05, 0) is 79.3 Å². The molecular formula is C26H20ClN3O4S. The van der Waals surface area contributed by atoms with Crippen LogP contribution in [0.4, 0.5) is 5.69 Å². The fraction of sp³-hybridized carbons (Fsp3) is 0.115. The molecule has 1 saturated heterocycles. The monoisotopic (exact) mass is 505 g/mol. The number of rotatable bonds is 5. The van der Waals surface area contributed by atoms with E-state index in [1.165, 1.54) is 6.07 Å². The van der Waals surface area contributed by atoms with Gasteiger partial charge >= 0.3 is 5.97 Å². The SMILES string of the molecule is Cc1cc(C(=O)O)ccc1-c1ccc([C@@H]2[C@@H](c3ccccn3)NC(=S)N2c2cc(Cl)ccc2O)o1. The molecule has 1 fully saturated rings. The van der Waals surface area contributed by atoms with Crippen LogP contribution in [0.2, 0.25) is 5.02 Å². The summed E-state index contributed by atoms with van der Waals surface area (Å²) < 4.78 is 6.33. The number of aromatic hydroxyl groups is 1. The molecule has 0 aliphatic carbocycles. The number of nitrogens with one attached hydrogen (secondary N) is 1. The van der Waals surface area contributed by atoms with E-state index in [1.54, 1.807) is 41.4 Å². The Bertz CT molecular complexity index is 1440. The number of pyridine rings is 1. The lowest BCUT2D eigenvalue weighted by Crippen LogP contribution is -2.29. The lowest BCUT2D eigenvalue weighted by atomic mass is 10.0. The van der Waals surface area contributed by atoms with E-state index >= 15 is 0 Å². The predicted octanol–water partition coefficient (Wildman–Crippen LogP) is 5.88. The van der Waals surface area contributed by atoms with Crippen LogP contribution in [-0.2, 0) is 0 Å². The van der Waals surface area contributed by atoms with Gasteiger partial charge in [0.1, 0.15) is 23.3 Å². The first-order valence-corrected chi connectivity index (χ1v) is 11.6. The molecule has 3 N–H and O–H groups in total. The number of benzene rings is 2. The third-order valence-corrected chi connectivity index (χ3v) is 6.50. The van der Waals surface area contributed by atoms with E-state index in [4.69, 9.17) is 28.2 Å². The maximum atomic E-state index is 11.3. The van der Waals surface area contributed by atoms with Crippen LogP contribution in [0, 0.1) is 6.92 Å². The Hall–Kier alpha value is -3.88. The zero-order valence-electron chi connectivity index (χ0n) is 18.5. The number of carbonyl (C=O) groups is 1. The van der Waals surface area contributed by atoms with Crippen molar-refractivity contribution in [3.05, 3.63) is 101 Å². The molecule has 1 aliphatic heterocycles. The molecule has 0 spiro atoms. The number of aromatic carboxylic acids is 1. The molecule has 4 aromatic rings. The van der Waals surface area contributed by atoms with Gasteiger partial charge in [0, 0.05) is 16.8 Å². The second-order valence-electron chi connectivity index (χ2n) is 8.17. The number of carboxylic acids is 1. The average Bonchev–Trinajstić information content (AvgIpc) is 3.45. The minimum absolute atomic E-state index is 0.0251. The van der Waals surface area contributed by atoms with Gasteiger partial charge < -0.3 is 24.8 Å². The van der Waals surface area contributed by atoms with Crippen LogP contribution in [0.5, 0.6) is 5.75 Å². The summed E-state index contributed by atoms with van der Waals surface area (Å²) in [6.07, 6.45) is 1.71. The normalized spacial score (nSPS) is 17.4. The molecule has 5 rings (SSSR count). The highest BCUT2D eigenvalue weighted by atomic mass is 35.5. The molecule has 0 unspecified atom stereocenters. The summed E-state index contributed by atoms with van der Waals surface area (Å²) in [6, 6.07) is 18.1. The van der Waals surface area contributed by atoms with Crippen molar-refractivity contribution in [3.8, 4) is 17.1 Å². The lowest BCUT2D eigenvalue weighted by molar-refractivity contribution is 0.0696. The van der Waals surface area contributed by atoms with Gasteiger partial charge in [-0.2, -0.15) is 0 Å². The first-order chi connectivity index (χ1) is 16.8. The summed E-state index contributed by atoms with van der Waals surface area (Å²) in [7, 11) is 0. The smallest absolute Gasteiger partial charge is 0.335 e. The third kappa shape index (κ3) is 4.22. The Kier molecular flexibility index (Phi) is 5.92. The van der Waals surface area contributed by atoms with Crippen molar-refractivity contribution in [1.82, 2.24) is 10.3 Å². The van der Waals surface area contributed by atoms with E-state index in [-0.39, 0.29) is 17.4 Å². The quantitative estimate of drug-likeness (QED) is 0.289. The number of furan rings is 1. The summed E-state index contributed by atoms with van der Waals surface area (Å²) in [4.78, 5) is 17.6. The van der Waals surface area contributed by atoms with Gasteiger partial charge in [-0.25, -0.2) is 4.79 Å². The van der Waals surface area contributed by atoms with Gasteiger partial charge in [0.15, 0.2) is 5.11 Å². The molecule has 2 aromatic heterocycles. The zero-order valence-corrected chi connectivity index (χ0v) is 20.0. The van der Waals surface area contributed by atoms with Crippen LogP contribution in [-0.4, -0.2) is 26.3 Å². The van der Waals surface area contributed by atoms with Crippen LogP contribution in [0.3, 0.4) is 0 Å². The molecule has 176 valence electrons. The molecule has 35 heavy (non-hydrogen) atoms. The number of halogens is 1. The molecule has 3 heterocycles. The van der Waals surface area contributed by atoms with E-state index in [0.717, 1.165) is 16.8 Å². The number of phenolic OH excluding ortho intramolecular Hbond substituents is 1. The van der Waals surface area contributed by atoms with Crippen molar-refractivity contribution in [1.29, 1.82) is 0 Å². The first-order valence-electron chi connectivity index (χ1n) is 10.8. The van der Waals surface area contributed by atoms with Gasteiger partial charge in [-0.3, -0.25) is 4.98 Å². The Morgan fingerprint density at radius 3 is 2.69 bits per heavy atom. The maximum absolute atomic E-state index is 11.3. The van der Waals surface area contributed by atoms with Crippen molar-refractivity contribution >= 4 is 40.6 Å². The number of thiocarbonyl (C=S) groups is 1. The fourth-order valence-electron chi connectivity index (χ4n) is 4.32. The number of carboxylic acid groups (broad SMARTS) is 1. The zero-order chi connectivity index (χ0) is 24.7. The van der Waals surface area contributed by atoms with Crippen molar-refractivity contribution in [2.45, 2.75) is 19.0 Å². The van der Waals surface area contributed by atoms with E-state index in [0.29, 0.717) is 27.3 Å². The minimum atomic E-state index is -0.986. The van der Waals surface area contributed by atoms with Crippen molar-refractivity contribution in [2.24, 2.45) is 0 Å². The van der Waals surface area contributed by atoms with Crippen LogP contribution in [0.25, 0.3) is 11.3 Å². The van der Waals surface area contributed by atoms with Crippen LogP contribution in [0.1, 0.15) is 39.5 Å². The standard InChI is InChI=1S/C26H20ClN3O4S/c1-14-12-15(25(32)33)5-7-17(14)21-9-10-22(34-21)24-23(18-4-2-3-11-28-18)29-26(35)30(24)19-13-16(27)6-8-20(19)31/h2-13,23-24,31H,1H3,(H,29,35)(H,32,33)/t23-,24-/m1/s1. The van der Waals surface area contributed by atoms with Crippen LogP contribution in [0.15, 0.2) is 77.3 Å². The van der Waals surface area contributed by atoms with Crippen LogP contribution >= 0.6 is 23.8 Å². The van der Waals surface area contributed by atoms with Crippen molar-refractivity contribution in [2.75, 3.05) is 4.90 Å². The second-order valence-corrected chi connectivity index (χ2v) is 8.99. The Morgan fingerprint density at radius 1 is 1.14 bits per heavy atom. The second kappa shape index (κ2) is 9.05. The van der Waals surface area contributed by atoms with Gasteiger partial charge in [-0.1, -0.05) is 23.7 Å². The van der Waals surface area contributed by atoms with Crippen LogP contribution < -0.4 is 10.2 Å². The highest BCUT2D eigenvalue weighted by molar-refractivity contribution is 7.80. The molecule has 0 saturated carbocycles. The summed E-state index contributed by atoms with van der Waals surface area (Å²) in [6.45, 7) is 1.84. The molecule has 0 radical (unpaired) electrons. The number of phenols is 1. The Morgan fingerprint density at radius 2 is 1.97 bits per heavy atom. The highest BCUT2D eigenvalue weighted by Crippen LogP contribution is 2.46.